The number of carbonyl (C=O) groups excluding carboxylic acids is 1. The molecule has 0 aliphatic carbocycles. The molecular formula is C17H26N4O3. The number of hydrogen-bond donors (Lipinski definition) is 3. The minimum absolute atomic E-state index is 0.0310. The maximum absolute atomic E-state index is 12.3. The molecule has 1 aromatic carbocycles. The van der Waals surface area contributed by atoms with E-state index in [-0.39, 0.29) is 16.5 Å². The van der Waals surface area contributed by atoms with Gasteiger partial charge >= 0.3 is 0 Å². The number of piperidine rings is 1. The van der Waals surface area contributed by atoms with Crippen molar-refractivity contribution in [3.63, 3.8) is 0 Å². The molecule has 1 fully saturated rings. The number of hydrogen-bond acceptors (Lipinski definition) is 5. The van der Waals surface area contributed by atoms with E-state index in [9.17, 15) is 14.9 Å². The first-order valence-electron chi connectivity index (χ1n) is 8.45. The molecule has 1 unspecified atom stereocenters. The van der Waals surface area contributed by atoms with Crippen LogP contribution in [0.3, 0.4) is 0 Å². The molecule has 0 spiro atoms. The molecule has 1 aliphatic rings. The standard InChI is InChI=1S/C17H26N4O3/c1-13-6-7-14(15(12-13)21(23)24)18-9-5-10-19-16(22)17(2)8-3-4-11-20-17/h6-7,12,18,20H,3-5,8-11H2,1-2H3,(H,19,22). The van der Waals surface area contributed by atoms with Gasteiger partial charge in [-0.15, -0.1) is 0 Å². The molecule has 1 heterocycles. The first kappa shape index (κ1) is 18.2. The summed E-state index contributed by atoms with van der Waals surface area (Å²) < 4.78 is 0. The second-order valence-electron chi connectivity index (χ2n) is 6.53. The lowest BCUT2D eigenvalue weighted by Gasteiger charge is -2.33. The Kier molecular flexibility index (Phi) is 6.14. The molecule has 24 heavy (non-hydrogen) atoms. The average Bonchev–Trinajstić information content (AvgIpc) is 2.56. The predicted molar refractivity (Wildman–Crippen MR) is 94.2 cm³/mol. The molecule has 2 rings (SSSR count). The third-order valence-electron chi connectivity index (χ3n) is 4.42. The quantitative estimate of drug-likeness (QED) is 0.404. The molecule has 1 amide bonds. The maximum atomic E-state index is 12.3. The van der Waals surface area contributed by atoms with E-state index in [1.165, 1.54) is 0 Å². The Morgan fingerprint density at radius 3 is 2.83 bits per heavy atom. The third-order valence-corrected chi connectivity index (χ3v) is 4.42. The zero-order valence-corrected chi connectivity index (χ0v) is 14.4. The lowest BCUT2D eigenvalue weighted by molar-refractivity contribution is -0.384. The van der Waals surface area contributed by atoms with Crippen LogP contribution in [-0.4, -0.2) is 36.0 Å². The Morgan fingerprint density at radius 2 is 2.17 bits per heavy atom. The van der Waals surface area contributed by atoms with E-state index in [1.807, 2.05) is 19.9 Å². The summed E-state index contributed by atoms with van der Waals surface area (Å²) in [5.74, 6) is 0.0310. The van der Waals surface area contributed by atoms with Crippen LogP contribution in [0, 0.1) is 17.0 Å². The summed E-state index contributed by atoms with van der Waals surface area (Å²) in [4.78, 5) is 22.9. The van der Waals surface area contributed by atoms with Gasteiger partial charge in [-0.3, -0.25) is 14.9 Å². The molecule has 0 bridgehead atoms. The number of benzene rings is 1. The lowest BCUT2D eigenvalue weighted by atomic mass is 9.90. The first-order valence-corrected chi connectivity index (χ1v) is 8.45. The van der Waals surface area contributed by atoms with E-state index in [2.05, 4.69) is 16.0 Å². The van der Waals surface area contributed by atoms with Crippen molar-refractivity contribution in [3.05, 3.63) is 33.9 Å². The normalized spacial score (nSPS) is 20.4. The maximum Gasteiger partial charge on any atom is 0.292 e. The second kappa shape index (κ2) is 8.10. The molecule has 1 aliphatic heterocycles. The van der Waals surface area contributed by atoms with Crippen LogP contribution in [0.5, 0.6) is 0 Å². The van der Waals surface area contributed by atoms with Gasteiger partial charge in [-0.25, -0.2) is 0 Å². The van der Waals surface area contributed by atoms with Gasteiger partial charge in [0.05, 0.1) is 10.5 Å². The van der Waals surface area contributed by atoms with Crippen molar-refractivity contribution in [2.24, 2.45) is 0 Å². The van der Waals surface area contributed by atoms with E-state index >= 15 is 0 Å². The molecule has 0 aromatic heterocycles. The molecule has 7 heteroatoms. The van der Waals surface area contributed by atoms with Crippen molar-refractivity contribution in [3.8, 4) is 0 Å². The Morgan fingerprint density at radius 1 is 1.38 bits per heavy atom. The summed E-state index contributed by atoms with van der Waals surface area (Å²) in [5.41, 5.74) is 0.977. The van der Waals surface area contributed by atoms with Gasteiger partial charge < -0.3 is 16.0 Å². The number of carbonyl (C=O) groups is 1. The third kappa shape index (κ3) is 4.67. The fourth-order valence-corrected chi connectivity index (χ4v) is 2.90. The van der Waals surface area contributed by atoms with Crippen LogP contribution in [0.15, 0.2) is 18.2 Å². The van der Waals surface area contributed by atoms with E-state index in [0.717, 1.165) is 31.4 Å². The van der Waals surface area contributed by atoms with Crippen LogP contribution in [0.1, 0.15) is 38.2 Å². The van der Waals surface area contributed by atoms with Gasteiger partial charge in [-0.05, 0) is 57.7 Å². The number of aryl methyl sites for hydroxylation is 1. The van der Waals surface area contributed by atoms with Gasteiger partial charge in [0.2, 0.25) is 5.91 Å². The van der Waals surface area contributed by atoms with Crippen LogP contribution in [0.4, 0.5) is 11.4 Å². The summed E-state index contributed by atoms with van der Waals surface area (Å²) >= 11 is 0. The number of nitro benzene ring substituents is 1. The van der Waals surface area contributed by atoms with Crippen LogP contribution < -0.4 is 16.0 Å². The average molecular weight is 334 g/mol. The summed E-state index contributed by atoms with van der Waals surface area (Å²) in [6.45, 7) is 5.75. The Bertz CT molecular complexity index is 597. The van der Waals surface area contributed by atoms with Crippen molar-refractivity contribution in [1.29, 1.82) is 0 Å². The smallest absolute Gasteiger partial charge is 0.292 e. The molecule has 1 aromatic rings. The van der Waals surface area contributed by atoms with Crippen LogP contribution >= 0.6 is 0 Å². The van der Waals surface area contributed by atoms with Gasteiger partial charge in [-0.1, -0.05) is 6.07 Å². The topological polar surface area (TPSA) is 96.3 Å². The van der Waals surface area contributed by atoms with E-state index in [1.54, 1.807) is 12.1 Å². The van der Waals surface area contributed by atoms with E-state index in [4.69, 9.17) is 0 Å². The first-order chi connectivity index (χ1) is 11.4. The second-order valence-corrected chi connectivity index (χ2v) is 6.53. The van der Waals surface area contributed by atoms with E-state index in [0.29, 0.717) is 25.2 Å². The molecular weight excluding hydrogens is 308 g/mol. The van der Waals surface area contributed by atoms with Crippen LogP contribution in [0.2, 0.25) is 0 Å². The molecule has 0 saturated carbocycles. The van der Waals surface area contributed by atoms with Crippen molar-refractivity contribution in [2.75, 3.05) is 25.0 Å². The number of anilines is 1. The highest BCUT2D eigenvalue weighted by atomic mass is 16.6. The van der Waals surface area contributed by atoms with Gasteiger partial charge in [-0.2, -0.15) is 0 Å². The number of nitrogens with one attached hydrogen (secondary N) is 3. The van der Waals surface area contributed by atoms with Gasteiger partial charge in [0, 0.05) is 19.2 Å². The minimum Gasteiger partial charge on any atom is -0.379 e. The SMILES string of the molecule is Cc1ccc(NCCCNC(=O)C2(C)CCCCN2)c([N+](=O)[O-])c1. The summed E-state index contributed by atoms with van der Waals surface area (Å²) in [5, 5.41) is 20.4. The molecule has 0 radical (unpaired) electrons. The van der Waals surface area contributed by atoms with Crippen molar-refractivity contribution >= 4 is 17.3 Å². The van der Waals surface area contributed by atoms with Crippen LogP contribution in [-0.2, 0) is 4.79 Å². The molecule has 7 nitrogen and oxygen atoms in total. The van der Waals surface area contributed by atoms with Crippen molar-refractivity contribution in [2.45, 2.75) is 45.1 Å². The lowest BCUT2D eigenvalue weighted by Crippen LogP contribution is -2.57. The highest BCUT2D eigenvalue weighted by Gasteiger charge is 2.33. The molecule has 1 saturated heterocycles. The molecule has 3 N–H and O–H groups in total. The van der Waals surface area contributed by atoms with Gasteiger partial charge in [0.1, 0.15) is 5.69 Å². The fraction of sp³-hybridized carbons (Fsp3) is 0.588. The number of amides is 1. The highest BCUT2D eigenvalue weighted by Crippen LogP contribution is 2.25. The molecule has 132 valence electrons. The zero-order valence-electron chi connectivity index (χ0n) is 14.4. The predicted octanol–water partition coefficient (Wildman–Crippen LogP) is 2.35. The number of nitrogens with zero attached hydrogens (tertiary/aromatic N) is 1. The minimum atomic E-state index is -0.471. The zero-order chi connectivity index (χ0) is 17.6. The highest BCUT2D eigenvalue weighted by molar-refractivity contribution is 5.85. The van der Waals surface area contributed by atoms with Crippen molar-refractivity contribution in [1.82, 2.24) is 10.6 Å². The summed E-state index contributed by atoms with van der Waals surface area (Å²) in [6, 6.07) is 5.12. The number of nitro groups is 1. The van der Waals surface area contributed by atoms with Gasteiger partial charge in [0.15, 0.2) is 0 Å². The number of rotatable bonds is 7. The molecule has 1 atom stereocenters. The summed E-state index contributed by atoms with van der Waals surface area (Å²) in [6.07, 6.45) is 3.73. The van der Waals surface area contributed by atoms with E-state index < -0.39 is 5.54 Å². The largest absolute Gasteiger partial charge is 0.379 e. The Balaban J connectivity index is 1.75. The monoisotopic (exact) mass is 334 g/mol. The van der Waals surface area contributed by atoms with Crippen molar-refractivity contribution < 1.29 is 9.72 Å². The summed E-state index contributed by atoms with van der Waals surface area (Å²) in [7, 11) is 0. The fourth-order valence-electron chi connectivity index (χ4n) is 2.90. The van der Waals surface area contributed by atoms with Crippen LogP contribution in [0.25, 0.3) is 0 Å². The van der Waals surface area contributed by atoms with Gasteiger partial charge in [0.25, 0.3) is 5.69 Å². The Labute approximate surface area is 142 Å². The Hall–Kier alpha value is -2.15.